The summed E-state index contributed by atoms with van der Waals surface area (Å²) in [5.74, 6) is 0.575. The molecule has 0 spiro atoms. The Morgan fingerprint density at radius 1 is 0.724 bits per heavy atom. The van der Waals surface area contributed by atoms with Gasteiger partial charge in [-0.1, -0.05) is 95.0 Å². The number of carbonyl (C=O) groups is 1. The van der Waals surface area contributed by atoms with Crippen LogP contribution in [0.15, 0.2) is 54.6 Å². The predicted molar refractivity (Wildman–Crippen MR) is 119 cm³/mol. The summed E-state index contributed by atoms with van der Waals surface area (Å²) in [6, 6.07) is 16.8. The molecular weight excluding hydrogens is 360 g/mol. The average Bonchev–Trinajstić information content (AvgIpc) is 2.77. The highest BCUT2D eigenvalue weighted by molar-refractivity contribution is 5.89. The summed E-state index contributed by atoms with van der Waals surface area (Å²) in [7, 11) is 0. The Kier molecular flexibility index (Phi) is 11.6. The molecule has 2 rings (SSSR count). The topological polar surface area (TPSA) is 35.5 Å². The zero-order chi connectivity index (χ0) is 20.6. The van der Waals surface area contributed by atoms with Crippen LogP contribution in [0.25, 0.3) is 0 Å². The molecule has 2 aromatic carbocycles. The minimum absolute atomic E-state index is 0.270. The molecule has 0 aliphatic rings. The van der Waals surface area contributed by atoms with E-state index in [2.05, 4.69) is 6.92 Å². The zero-order valence-corrected chi connectivity index (χ0v) is 17.9. The van der Waals surface area contributed by atoms with Crippen LogP contribution in [0, 0.1) is 0 Å². The van der Waals surface area contributed by atoms with Gasteiger partial charge in [0.15, 0.2) is 0 Å². The molecule has 0 unspecified atom stereocenters. The maximum atomic E-state index is 12.0. The maximum Gasteiger partial charge on any atom is 0.338 e. The van der Waals surface area contributed by atoms with Crippen LogP contribution < -0.4 is 4.74 Å². The van der Waals surface area contributed by atoms with E-state index in [0.717, 1.165) is 24.3 Å². The molecule has 3 heteroatoms. The average molecular weight is 397 g/mol. The molecule has 0 heterocycles. The highest BCUT2D eigenvalue weighted by Crippen LogP contribution is 2.15. The van der Waals surface area contributed by atoms with Crippen molar-refractivity contribution in [3.05, 3.63) is 65.7 Å². The summed E-state index contributed by atoms with van der Waals surface area (Å²) in [5.41, 5.74) is 1.53. The fourth-order valence-electron chi connectivity index (χ4n) is 3.27. The second kappa shape index (κ2) is 14.7. The van der Waals surface area contributed by atoms with Crippen molar-refractivity contribution in [2.24, 2.45) is 0 Å². The molecule has 158 valence electrons. The largest absolute Gasteiger partial charge is 0.494 e. The number of benzene rings is 2. The lowest BCUT2D eigenvalue weighted by Gasteiger charge is -2.08. The standard InChI is InChI=1S/C26H36O3/c1-2-3-4-5-6-7-8-9-10-14-21-28-25-19-17-23(18-20-25)22-29-26(27)24-15-12-11-13-16-24/h11-13,15-20H,2-10,14,21-22H2,1H3. The highest BCUT2D eigenvalue weighted by atomic mass is 16.5. The number of hydrogen-bond donors (Lipinski definition) is 0. The molecule has 0 bridgehead atoms. The Morgan fingerprint density at radius 3 is 1.93 bits per heavy atom. The number of esters is 1. The van der Waals surface area contributed by atoms with E-state index in [-0.39, 0.29) is 12.6 Å². The predicted octanol–water partition coefficient (Wildman–Crippen LogP) is 7.34. The first-order valence-electron chi connectivity index (χ1n) is 11.2. The summed E-state index contributed by atoms with van der Waals surface area (Å²) in [4.78, 5) is 12.0. The van der Waals surface area contributed by atoms with Crippen LogP contribution >= 0.6 is 0 Å². The van der Waals surface area contributed by atoms with Gasteiger partial charge < -0.3 is 9.47 Å². The molecule has 0 aliphatic carbocycles. The summed E-state index contributed by atoms with van der Waals surface area (Å²) < 4.78 is 11.2. The van der Waals surface area contributed by atoms with Crippen LogP contribution in [0.3, 0.4) is 0 Å². The monoisotopic (exact) mass is 396 g/mol. The van der Waals surface area contributed by atoms with E-state index < -0.39 is 0 Å². The van der Waals surface area contributed by atoms with Gasteiger partial charge in [-0.3, -0.25) is 0 Å². The molecule has 0 saturated carbocycles. The van der Waals surface area contributed by atoms with Crippen molar-refractivity contribution in [2.75, 3.05) is 6.61 Å². The van der Waals surface area contributed by atoms with Crippen molar-refractivity contribution < 1.29 is 14.3 Å². The molecule has 2 aromatic rings. The molecular formula is C26H36O3. The first-order valence-corrected chi connectivity index (χ1v) is 11.2. The minimum atomic E-state index is -0.299. The first kappa shape index (κ1) is 23.0. The quantitative estimate of drug-likeness (QED) is 0.233. The van der Waals surface area contributed by atoms with Gasteiger partial charge >= 0.3 is 5.97 Å². The number of ether oxygens (including phenoxy) is 2. The minimum Gasteiger partial charge on any atom is -0.494 e. The van der Waals surface area contributed by atoms with Gasteiger partial charge in [-0.25, -0.2) is 4.79 Å². The first-order chi connectivity index (χ1) is 14.3. The molecule has 0 saturated heterocycles. The Bertz CT molecular complexity index is 664. The second-order valence-corrected chi connectivity index (χ2v) is 7.62. The number of hydrogen-bond acceptors (Lipinski definition) is 3. The maximum absolute atomic E-state index is 12.0. The van der Waals surface area contributed by atoms with Crippen molar-refractivity contribution in [1.82, 2.24) is 0 Å². The van der Waals surface area contributed by atoms with Gasteiger partial charge in [0.25, 0.3) is 0 Å². The SMILES string of the molecule is CCCCCCCCCCCCOc1ccc(COC(=O)c2ccccc2)cc1. The Hall–Kier alpha value is -2.29. The van der Waals surface area contributed by atoms with E-state index >= 15 is 0 Å². The van der Waals surface area contributed by atoms with Gasteiger partial charge in [-0.2, -0.15) is 0 Å². The normalized spacial score (nSPS) is 10.7. The third-order valence-electron chi connectivity index (χ3n) is 5.07. The number of rotatable bonds is 15. The summed E-state index contributed by atoms with van der Waals surface area (Å²) in [5, 5.41) is 0. The van der Waals surface area contributed by atoms with Gasteiger partial charge in [0, 0.05) is 0 Å². The lowest BCUT2D eigenvalue weighted by molar-refractivity contribution is 0.0472. The Balaban J connectivity index is 1.51. The van der Waals surface area contributed by atoms with E-state index in [1.165, 1.54) is 57.8 Å². The fourth-order valence-corrected chi connectivity index (χ4v) is 3.27. The van der Waals surface area contributed by atoms with Gasteiger partial charge in [0.2, 0.25) is 0 Å². The molecule has 0 aromatic heterocycles. The molecule has 0 amide bonds. The summed E-state index contributed by atoms with van der Waals surface area (Å²) in [6.07, 6.45) is 13.3. The van der Waals surface area contributed by atoms with Crippen LogP contribution in [-0.2, 0) is 11.3 Å². The third kappa shape index (κ3) is 10.2. The van der Waals surface area contributed by atoms with E-state index in [9.17, 15) is 4.79 Å². The number of carbonyl (C=O) groups excluding carboxylic acids is 1. The van der Waals surface area contributed by atoms with Gasteiger partial charge in [0.05, 0.1) is 12.2 Å². The summed E-state index contributed by atoms with van der Waals surface area (Å²) >= 11 is 0. The lowest BCUT2D eigenvalue weighted by Crippen LogP contribution is -2.05. The van der Waals surface area contributed by atoms with E-state index in [1.807, 2.05) is 42.5 Å². The smallest absolute Gasteiger partial charge is 0.338 e. The zero-order valence-electron chi connectivity index (χ0n) is 17.9. The molecule has 29 heavy (non-hydrogen) atoms. The van der Waals surface area contributed by atoms with Crippen LogP contribution in [0.2, 0.25) is 0 Å². The lowest BCUT2D eigenvalue weighted by atomic mass is 10.1. The molecule has 0 aliphatic heterocycles. The van der Waals surface area contributed by atoms with Crippen LogP contribution in [-0.4, -0.2) is 12.6 Å². The van der Waals surface area contributed by atoms with E-state index in [1.54, 1.807) is 12.1 Å². The molecule has 0 radical (unpaired) electrons. The highest BCUT2D eigenvalue weighted by Gasteiger charge is 2.06. The van der Waals surface area contributed by atoms with Crippen LogP contribution in [0.1, 0.15) is 87.1 Å². The van der Waals surface area contributed by atoms with E-state index in [0.29, 0.717) is 5.56 Å². The summed E-state index contributed by atoms with van der Waals surface area (Å²) in [6.45, 7) is 3.30. The van der Waals surface area contributed by atoms with Crippen molar-refractivity contribution in [3.63, 3.8) is 0 Å². The van der Waals surface area contributed by atoms with Crippen molar-refractivity contribution >= 4 is 5.97 Å². The van der Waals surface area contributed by atoms with Crippen molar-refractivity contribution in [1.29, 1.82) is 0 Å². The molecule has 3 nitrogen and oxygen atoms in total. The third-order valence-corrected chi connectivity index (χ3v) is 5.07. The molecule has 0 N–H and O–H groups in total. The van der Waals surface area contributed by atoms with Crippen molar-refractivity contribution in [2.45, 2.75) is 77.7 Å². The van der Waals surface area contributed by atoms with Gasteiger partial charge in [0.1, 0.15) is 12.4 Å². The molecule has 0 atom stereocenters. The Morgan fingerprint density at radius 2 is 1.31 bits per heavy atom. The fraction of sp³-hybridized carbons (Fsp3) is 0.500. The van der Waals surface area contributed by atoms with Crippen molar-refractivity contribution in [3.8, 4) is 5.75 Å². The Labute approximate surface area is 176 Å². The van der Waals surface area contributed by atoms with Crippen LogP contribution in [0.4, 0.5) is 0 Å². The second-order valence-electron chi connectivity index (χ2n) is 7.62. The van der Waals surface area contributed by atoms with E-state index in [4.69, 9.17) is 9.47 Å². The number of unbranched alkanes of at least 4 members (excludes halogenated alkanes) is 9. The van der Waals surface area contributed by atoms with Crippen LogP contribution in [0.5, 0.6) is 5.75 Å². The van der Waals surface area contributed by atoms with Gasteiger partial charge in [-0.15, -0.1) is 0 Å². The van der Waals surface area contributed by atoms with Gasteiger partial charge in [-0.05, 0) is 36.2 Å². The molecule has 0 fully saturated rings.